The predicted octanol–water partition coefficient (Wildman–Crippen LogP) is 5.19. The molecule has 3 heterocycles. The SMILES string of the molecule is CC(C)c1cc(C(=O)NCc2csc(-c3ccccc3)n2)c2cnn(C(C)C)c2n1. The zero-order valence-corrected chi connectivity index (χ0v) is 18.4. The minimum atomic E-state index is -0.137. The first-order valence-electron chi connectivity index (χ1n) is 10.1. The number of rotatable bonds is 6. The Kier molecular flexibility index (Phi) is 5.63. The van der Waals surface area contributed by atoms with Crippen molar-refractivity contribution in [2.75, 3.05) is 0 Å². The summed E-state index contributed by atoms with van der Waals surface area (Å²) in [7, 11) is 0. The van der Waals surface area contributed by atoms with Gasteiger partial charge in [-0.25, -0.2) is 14.6 Å². The lowest BCUT2D eigenvalue weighted by Gasteiger charge is -2.12. The van der Waals surface area contributed by atoms with Gasteiger partial charge in [0.15, 0.2) is 5.65 Å². The van der Waals surface area contributed by atoms with Gasteiger partial charge in [-0.2, -0.15) is 5.10 Å². The van der Waals surface area contributed by atoms with Crippen LogP contribution in [0.3, 0.4) is 0 Å². The first-order chi connectivity index (χ1) is 14.4. The van der Waals surface area contributed by atoms with E-state index in [1.54, 1.807) is 17.5 Å². The largest absolute Gasteiger partial charge is 0.346 e. The maximum absolute atomic E-state index is 13.1. The summed E-state index contributed by atoms with van der Waals surface area (Å²) in [6.45, 7) is 8.64. The quantitative estimate of drug-likeness (QED) is 0.467. The Morgan fingerprint density at radius 1 is 1.13 bits per heavy atom. The first kappa shape index (κ1) is 20.2. The topological polar surface area (TPSA) is 72.7 Å². The van der Waals surface area contributed by atoms with Crippen molar-refractivity contribution in [3.63, 3.8) is 0 Å². The summed E-state index contributed by atoms with van der Waals surface area (Å²) < 4.78 is 1.87. The molecule has 0 unspecified atom stereocenters. The van der Waals surface area contributed by atoms with Crippen molar-refractivity contribution < 1.29 is 4.79 Å². The average Bonchev–Trinajstić information content (AvgIpc) is 3.39. The molecule has 0 bridgehead atoms. The minimum Gasteiger partial charge on any atom is -0.346 e. The minimum absolute atomic E-state index is 0.137. The lowest BCUT2D eigenvalue weighted by atomic mass is 10.0. The van der Waals surface area contributed by atoms with E-state index in [0.29, 0.717) is 12.1 Å². The van der Waals surface area contributed by atoms with E-state index in [4.69, 9.17) is 4.98 Å². The maximum Gasteiger partial charge on any atom is 0.252 e. The van der Waals surface area contributed by atoms with Gasteiger partial charge in [-0.1, -0.05) is 44.2 Å². The van der Waals surface area contributed by atoms with Crippen LogP contribution < -0.4 is 5.32 Å². The Labute approximate surface area is 180 Å². The second-order valence-corrected chi connectivity index (χ2v) is 8.72. The molecular formula is C23H25N5OS. The van der Waals surface area contributed by atoms with Gasteiger partial charge in [-0.3, -0.25) is 4.79 Å². The predicted molar refractivity (Wildman–Crippen MR) is 121 cm³/mol. The Hall–Kier alpha value is -3.06. The molecule has 7 heteroatoms. The lowest BCUT2D eigenvalue weighted by molar-refractivity contribution is 0.0952. The molecule has 1 aromatic carbocycles. The van der Waals surface area contributed by atoms with E-state index in [1.807, 2.05) is 46.5 Å². The van der Waals surface area contributed by atoms with E-state index < -0.39 is 0 Å². The van der Waals surface area contributed by atoms with Crippen LogP contribution in [0.5, 0.6) is 0 Å². The van der Waals surface area contributed by atoms with Crippen LogP contribution >= 0.6 is 11.3 Å². The highest BCUT2D eigenvalue weighted by Crippen LogP contribution is 2.25. The van der Waals surface area contributed by atoms with Crippen molar-refractivity contribution in [2.45, 2.75) is 46.2 Å². The molecule has 4 rings (SSSR count). The molecule has 3 aromatic heterocycles. The van der Waals surface area contributed by atoms with Gasteiger partial charge in [0.25, 0.3) is 5.91 Å². The lowest BCUT2D eigenvalue weighted by Crippen LogP contribution is -2.23. The van der Waals surface area contributed by atoms with Crippen LogP contribution in [0.15, 0.2) is 48.0 Å². The fourth-order valence-corrected chi connectivity index (χ4v) is 4.09. The highest BCUT2D eigenvalue weighted by atomic mass is 32.1. The molecular weight excluding hydrogens is 394 g/mol. The average molecular weight is 420 g/mol. The number of hydrogen-bond donors (Lipinski definition) is 1. The second kappa shape index (κ2) is 8.36. The number of benzene rings is 1. The molecule has 0 aliphatic rings. The molecule has 1 amide bonds. The number of nitrogens with zero attached hydrogens (tertiary/aromatic N) is 4. The van der Waals surface area contributed by atoms with Crippen LogP contribution in [0.2, 0.25) is 0 Å². The van der Waals surface area contributed by atoms with Gasteiger partial charge < -0.3 is 5.32 Å². The third kappa shape index (κ3) is 3.98. The van der Waals surface area contributed by atoms with Gasteiger partial charge in [0.05, 0.1) is 29.4 Å². The van der Waals surface area contributed by atoms with Gasteiger partial charge >= 0.3 is 0 Å². The van der Waals surface area contributed by atoms with Crippen LogP contribution in [0.25, 0.3) is 21.6 Å². The summed E-state index contributed by atoms with van der Waals surface area (Å²) >= 11 is 1.58. The summed E-state index contributed by atoms with van der Waals surface area (Å²) in [5.41, 5.74) is 4.17. The zero-order chi connectivity index (χ0) is 21.3. The van der Waals surface area contributed by atoms with Crippen molar-refractivity contribution in [1.82, 2.24) is 25.1 Å². The van der Waals surface area contributed by atoms with Gasteiger partial charge in [0.2, 0.25) is 0 Å². The summed E-state index contributed by atoms with van der Waals surface area (Å²) in [5, 5.41) is 11.2. The van der Waals surface area contributed by atoms with E-state index >= 15 is 0 Å². The van der Waals surface area contributed by atoms with Gasteiger partial charge in [0, 0.05) is 22.7 Å². The number of hydrogen-bond acceptors (Lipinski definition) is 5. The third-order valence-electron chi connectivity index (χ3n) is 4.91. The normalized spacial score (nSPS) is 11.5. The summed E-state index contributed by atoms with van der Waals surface area (Å²) in [4.78, 5) is 22.5. The number of aromatic nitrogens is 4. The van der Waals surface area contributed by atoms with Crippen molar-refractivity contribution in [1.29, 1.82) is 0 Å². The maximum atomic E-state index is 13.1. The van der Waals surface area contributed by atoms with Crippen molar-refractivity contribution in [2.24, 2.45) is 0 Å². The Morgan fingerprint density at radius 3 is 2.60 bits per heavy atom. The number of carbonyl (C=O) groups is 1. The number of fused-ring (bicyclic) bond motifs is 1. The van der Waals surface area contributed by atoms with Crippen LogP contribution in [0.4, 0.5) is 0 Å². The number of pyridine rings is 1. The number of amides is 1. The number of carbonyl (C=O) groups excluding carboxylic acids is 1. The zero-order valence-electron chi connectivity index (χ0n) is 17.6. The van der Waals surface area contributed by atoms with E-state index in [9.17, 15) is 4.79 Å². The molecule has 30 heavy (non-hydrogen) atoms. The summed E-state index contributed by atoms with van der Waals surface area (Å²) in [6, 6.07) is 12.1. The highest BCUT2D eigenvalue weighted by molar-refractivity contribution is 7.13. The Bertz CT molecular complexity index is 1180. The summed E-state index contributed by atoms with van der Waals surface area (Å²) in [5.74, 6) is 0.0744. The number of thiazole rings is 1. The van der Waals surface area contributed by atoms with Crippen molar-refractivity contribution in [3.8, 4) is 10.6 Å². The van der Waals surface area contributed by atoms with Crippen LogP contribution in [-0.2, 0) is 6.54 Å². The number of nitrogens with one attached hydrogen (secondary N) is 1. The summed E-state index contributed by atoms with van der Waals surface area (Å²) in [6.07, 6.45) is 1.73. The molecule has 6 nitrogen and oxygen atoms in total. The molecule has 0 fully saturated rings. The van der Waals surface area contributed by atoms with E-state index in [1.165, 1.54) is 0 Å². The van der Waals surface area contributed by atoms with Crippen LogP contribution in [0.1, 0.15) is 61.4 Å². The molecule has 0 aliphatic carbocycles. The highest BCUT2D eigenvalue weighted by Gasteiger charge is 2.19. The third-order valence-corrected chi connectivity index (χ3v) is 5.85. The molecule has 0 radical (unpaired) electrons. The van der Waals surface area contributed by atoms with Gasteiger partial charge in [-0.05, 0) is 25.8 Å². The Morgan fingerprint density at radius 2 is 1.90 bits per heavy atom. The second-order valence-electron chi connectivity index (χ2n) is 7.86. The van der Waals surface area contributed by atoms with Crippen molar-refractivity contribution >= 4 is 28.3 Å². The first-order valence-corrected chi connectivity index (χ1v) is 11.0. The monoisotopic (exact) mass is 419 g/mol. The van der Waals surface area contributed by atoms with E-state index in [0.717, 1.165) is 33.0 Å². The fourth-order valence-electron chi connectivity index (χ4n) is 3.27. The smallest absolute Gasteiger partial charge is 0.252 e. The van der Waals surface area contributed by atoms with Crippen LogP contribution in [-0.4, -0.2) is 25.7 Å². The Balaban J connectivity index is 1.58. The van der Waals surface area contributed by atoms with Gasteiger partial charge in [-0.15, -0.1) is 11.3 Å². The molecule has 4 aromatic rings. The van der Waals surface area contributed by atoms with Crippen LogP contribution in [0, 0.1) is 0 Å². The molecule has 0 aliphatic heterocycles. The standard InChI is InChI=1S/C23H25N5OS/c1-14(2)20-10-18(19-12-25-28(15(3)4)21(19)27-20)22(29)24-11-17-13-30-23(26-17)16-8-6-5-7-9-16/h5-10,12-15H,11H2,1-4H3,(H,24,29). The molecule has 0 spiro atoms. The fraction of sp³-hybridized carbons (Fsp3) is 0.304. The van der Waals surface area contributed by atoms with E-state index in [2.05, 4.69) is 43.1 Å². The van der Waals surface area contributed by atoms with Crippen molar-refractivity contribution in [3.05, 3.63) is 64.9 Å². The molecule has 154 valence electrons. The molecule has 0 atom stereocenters. The van der Waals surface area contributed by atoms with E-state index in [-0.39, 0.29) is 17.9 Å². The van der Waals surface area contributed by atoms with Gasteiger partial charge in [0.1, 0.15) is 5.01 Å². The molecule has 1 N–H and O–H groups in total. The molecule has 0 saturated carbocycles. The molecule has 0 saturated heterocycles.